The number of rotatable bonds is 8. The van der Waals surface area contributed by atoms with Gasteiger partial charge in [-0.2, -0.15) is 10.4 Å². The molecule has 3 heterocycles. The van der Waals surface area contributed by atoms with Crippen LogP contribution in [0.1, 0.15) is 37.8 Å². The van der Waals surface area contributed by atoms with Crippen LogP contribution in [-0.2, 0) is 6.54 Å². The summed E-state index contributed by atoms with van der Waals surface area (Å²) in [6.45, 7) is 7.73. The van der Waals surface area contributed by atoms with Crippen LogP contribution in [0.25, 0.3) is 22.6 Å². The SMILES string of the molecule is CC(C)N1CCC(COc2cnc(-c3cccc(Cn4nc(-c5cccc(C#N)c5)ccc4=O)c3)nc2)CC1. The molecule has 0 atom stereocenters. The summed E-state index contributed by atoms with van der Waals surface area (Å²) in [7, 11) is 0. The fourth-order valence-electron chi connectivity index (χ4n) is 4.84. The van der Waals surface area contributed by atoms with Gasteiger partial charge < -0.3 is 9.64 Å². The highest BCUT2D eigenvalue weighted by atomic mass is 16.5. The maximum Gasteiger partial charge on any atom is 0.267 e. The third-order valence-corrected chi connectivity index (χ3v) is 7.16. The predicted octanol–water partition coefficient (Wildman–Crippen LogP) is 4.79. The molecule has 2 aromatic heterocycles. The lowest BCUT2D eigenvalue weighted by Crippen LogP contribution is -2.39. The van der Waals surface area contributed by atoms with Crippen molar-refractivity contribution in [1.82, 2.24) is 24.6 Å². The lowest BCUT2D eigenvalue weighted by atomic mass is 9.97. The molecule has 0 unspecified atom stereocenters. The maximum absolute atomic E-state index is 12.6. The topological polar surface area (TPSA) is 96.9 Å². The summed E-state index contributed by atoms with van der Waals surface area (Å²) in [6.07, 6.45) is 5.75. The normalized spacial score (nSPS) is 14.3. The third-order valence-electron chi connectivity index (χ3n) is 7.16. The minimum Gasteiger partial charge on any atom is -0.490 e. The van der Waals surface area contributed by atoms with Crippen molar-refractivity contribution in [2.24, 2.45) is 5.92 Å². The van der Waals surface area contributed by atoms with Gasteiger partial charge in [0.1, 0.15) is 0 Å². The summed E-state index contributed by atoms with van der Waals surface area (Å²) in [5.41, 5.74) is 3.52. The van der Waals surface area contributed by atoms with Crippen LogP contribution in [-0.4, -0.2) is 50.4 Å². The Balaban J connectivity index is 1.24. The van der Waals surface area contributed by atoms with Gasteiger partial charge in [-0.25, -0.2) is 14.6 Å². The van der Waals surface area contributed by atoms with E-state index in [0.717, 1.165) is 42.6 Å². The molecule has 0 spiro atoms. The number of hydrogen-bond donors (Lipinski definition) is 0. The summed E-state index contributed by atoms with van der Waals surface area (Å²) in [6, 6.07) is 20.9. The molecule has 1 fully saturated rings. The van der Waals surface area contributed by atoms with Crippen LogP contribution in [0.3, 0.4) is 0 Å². The number of likely N-dealkylation sites (tertiary alicyclic amines) is 1. The summed E-state index contributed by atoms with van der Waals surface area (Å²) < 4.78 is 7.43. The van der Waals surface area contributed by atoms with Crippen LogP contribution < -0.4 is 10.3 Å². The van der Waals surface area contributed by atoms with Crippen LogP contribution in [0, 0.1) is 17.2 Å². The van der Waals surface area contributed by atoms with Gasteiger partial charge in [0.05, 0.1) is 42.9 Å². The van der Waals surface area contributed by atoms with E-state index >= 15 is 0 Å². The molecule has 198 valence electrons. The third kappa shape index (κ3) is 6.57. The van der Waals surface area contributed by atoms with Gasteiger partial charge in [-0.05, 0) is 75.5 Å². The van der Waals surface area contributed by atoms with Gasteiger partial charge in [-0.15, -0.1) is 0 Å². The summed E-state index contributed by atoms with van der Waals surface area (Å²) >= 11 is 0. The molecular formula is C31H32N6O2. The Hall–Kier alpha value is -4.35. The van der Waals surface area contributed by atoms with Crippen molar-refractivity contribution < 1.29 is 4.74 Å². The predicted molar refractivity (Wildman–Crippen MR) is 150 cm³/mol. The molecule has 1 aliphatic rings. The van der Waals surface area contributed by atoms with E-state index in [1.807, 2.05) is 30.3 Å². The molecule has 0 bridgehead atoms. The number of piperidine rings is 1. The number of nitrogens with zero attached hydrogens (tertiary/aromatic N) is 6. The molecular weight excluding hydrogens is 488 g/mol. The fourth-order valence-corrected chi connectivity index (χ4v) is 4.84. The Morgan fingerprint density at radius 2 is 1.74 bits per heavy atom. The molecule has 0 saturated carbocycles. The number of aromatic nitrogens is 4. The van der Waals surface area contributed by atoms with Crippen molar-refractivity contribution >= 4 is 0 Å². The van der Waals surface area contributed by atoms with Crippen LogP contribution >= 0.6 is 0 Å². The minimum atomic E-state index is -0.201. The minimum absolute atomic E-state index is 0.201. The van der Waals surface area contributed by atoms with Crippen LogP contribution in [0.4, 0.5) is 0 Å². The first-order chi connectivity index (χ1) is 19.0. The summed E-state index contributed by atoms with van der Waals surface area (Å²) in [4.78, 5) is 24.1. The zero-order valence-electron chi connectivity index (χ0n) is 22.3. The van der Waals surface area contributed by atoms with Gasteiger partial charge in [0.15, 0.2) is 11.6 Å². The van der Waals surface area contributed by atoms with Crippen molar-refractivity contribution in [3.05, 3.63) is 94.5 Å². The molecule has 0 amide bonds. The average molecular weight is 521 g/mol. The first-order valence-corrected chi connectivity index (χ1v) is 13.4. The number of hydrogen-bond acceptors (Lipinski definition) is 7. The molecule has 1 aliphatic heterocycles. The molecule has 8 nitrogen and oxygen atoms in total. The van der Waals surface area contributed by atoms with Gasteiger partial charge >= 0.3 is 0 Å². The Bertz CT molecular complexity index is 1520. The van der Waals surface area contributed by atoms with E-state index in [2.05, 4.69) is 39.9 Å². The number of benzene rings is 2. The van der Waals surface area contributed by atoms with E-state index in [1.54, 1.807) is 36.7 Å². The smallest absolute Gasteiger partial charge is 0.267 e. The summed E-state index contributed by atoms with van der Waals surface area (Å²) in [5, 5.41) is 13.7. The van der Waals surface area contributed by atoms with Crippen molar-refractivity contribution in [2.75, 3.05) is 19.7 Å². The lowest BCUT2D eigenvalue weighted by molar-refractivity contribution is 0.119. The van der Waals surface area contributed by atoms with Gasteiger partial charge in [-0.3, -0.25) is 4.79 Å². The van der Waals surface area contributed by atoms with E-state index < -0.39 is 0 Å². The second-order valence-corrected chi connectivity index (χ2v) is 10.2. The standard InChI is InChI=1S/C31H32N6O2/c1-22(2)36-13-11-23(12-14-36)21-39-28-18-33-31(34-19-28)27-8-4-6-25(16-27)20-37-30(38)10-9-29(35-37)26-7-3-5-24(15-26)17-32/h3-10,15-16,18-19,22-23H,11-14,20-21H2,1-2H3. The van der Waals surface area contributed by atoms with E-state index in [0.29, 0.717) is 47.9 Å². The van der Waals surface area contributed by atoms with Crippen molar-refractivity contribution in [3.8, 4) is 34.5 Å². The number of ether oxygens (including phenoxy) is 1. The Kier molecular flexibility index (Phi) is 8.09. The molecule has 5 rings (SSSR count). The van der Waals surface area contributed by atoms with Crippen LogP contribution in [0.5, 0.6) is 5.75 Å². The molecule has 0 aliphatic carbocycles. The second-order valence-electron chi connectivity index (χ2n) is 10.2. The molecule has 0 radical (unpaired) electrons. The Morgan fingerprint density at radius 1 is 1.00 bits per heavy atom. The van der Waals surface area contributed by atoms with E-state index in [9.17, 15) is 10.1 Å². The van der Waals surface area contributed by atoms with E-state index in [-0.39, 0.29) is 5.56 Å². The van der Waals surface area contributed by atoms with Crippen molar-refractivity contribution in [1.29, 1.82) is 5.26 Å². The molecule has 2 aromatic carbocycles. The Labute approximate surface area is 228 Å². The second kappa shape index (κ2) is 12.0. The van der Waals surface area contributed by atoms with Crippen LogP contribution in [0.2, 0.25) is 0 Å². The van der Waals surface area contributed by atoms with Crippen molar-refractivity contribution in [2.45, 2.75) is 39.3 Å². The van der Waals surface area contributed by atoms with Gasteiger partial charge in [0.25, 0.3) is 5.56 Å². The maximum atomic E-state index is 12.6. The quantitative estimate of drug-likeness (QED) is 0.330. The fraction of sp³-hybridized carbons (Fsp3) is 0.323. The zero-order chi connectivity index (χ0) is 27.2. The Morgan fingerprint density at radius 3 is 2.49 bits per heavy atom. The highest BCUT2D eigenvalue weighted by molar-refractivity contribution is 5.60. The molecule has 8 heteroatoms. The zero-order valence-corrected chi connectivity index (χ0v) is 22.3. The van der Waals surface area contributed by atoms with E-state index in [1.165, 1.54) is 10.7 Å². The molecule has 39 heavy (non-hydrogen) atoms. The first-order valence-electron chi connectivity index (χ1n) is 13.4. The monoisotopic (exact) mass is 520 g/mol. The average Bonchev–Trinajstić information content (AvgIpc) is 2.98. The van der Waals surface area contributed by atoms with Gasteiger partial charge in [0.2, 0.25) is 0 Å². The molecule has 0 N–H and O–H groups in total. The van der Waals surface area contributed by atoms with Gasteiger partial charge in [0, 0.05) is 23.2 Å². The van der Waals surface area contributed by atoms with Crippen molar-refractivity contribution in [3.63, 3.8) is 0 Å². The highest BCUT2D eigenvalue weighted by Gasteiger charge is 2.21. The van der Waals surface area contributed by atoms with Crippen LogP contribution in [0.15, 0.2) is 77.9 Å². The highest BCUT2D eigenvalue weighted by Crippen LogP contribution is 2.22. The number of nitriles is 1. The summed E-state index contributed by atoms with van der Waals surface area (Å²) in [5.74, 6) is 1.83. The lowest BCUT2D eigenvalue weighted by Gasteiger charge is -2.34. The first kappa shape index (κ1) is 26.3. The molecule has 4 aromatic rings. The van der Waals surface area contributed by atoms with E-state index in [4.69, 9.17) is 4.74 Å². The molecule has 1 saturated heterocycles. The van der Waals surface area contributed by atoms with Gasteiger partial charge in [-0.1, -0.05) is 30.3 Å². The largest absolute Gasteiger partial charge is 0.490 e.